The molecule has 0 aliphatic carbocycles. The molecule has 1 amide bonds. The van der Waals surface area contributed by atoms with Crippen molar-refractivity contribution in [3.05, 3.63) is 23.2 Å². The van der Waals surface area contributed by atoms with E-state index in [1.807, 2.05) is 6.92 Å². The average molecular weight is 307 g/mol. The first-order valence-corrected chi connectivity index (χ1v) is 6.09. The molecular formula is C10H14INO2. The summed E-state index contributed by atoms with van der Waals surface area (Å²) in [6, 6.07) is 1.77. The molecule has 1 aromatic heterocycles. The molecule has 1 N–H and O–H groups in total. The van der Waals surface area contributed by atoms with Crippen LogP contribution in [0.25, 0.3) is 0 Å². The zero-order chi connectivity index (χ0) is 10.6. The molecule has 0 aliphatic heterocycles. The van der Waals surface area contributed by atoms with Crippen LogP contribution in [0.1, 0.15) is 28.3 Å². The van der Waals surface area contributed by atoms with Gasteiger partial charge in [-0.15, -0.1) is 0 Å². The van der Waals surface area contributed by atoms with E-state index in [4.69, 9.17) is 4.42 Å². The number of halogens is 1. The van der Waals surface area contributed by atoms with Crippen LogP contribution in [-0.4, -0.2) is 16.9 Å². The SMILES string of the molecule is Cc1cc(C(=O)NCCCI)c(C)o1. The third kappa shape index (κ3) is 3.01. The summed E-state index contributed by atoms with van der Waals surface area (Å²) in [5.41, 5.74) is 0.649. The summed E-state index contributed by atoms with van der Waals surface area (Å²) in [5.74, 6) is 1.43. The fraction of sp³-hybridized carbons (Fsp3) is 0.500. The molecule has 78 valence electrons. The van der Waals surface area contributed by atoms with Crippen LogP contribution >= 0.6 is 22.6 Å². The van der Waals surface area contributed by atoms with Gasteiger partial charge in [-0.2, -0.15) is 0 Å². The monoisotopic (exact) mass is 307 g/mol. The van der Waals surface area contributed by atoms with Crippen molar-refractivity contribution in [1.29, 1.82) is 0 Å². The van der Waals surface area contributed by atoms with E-state index < -0.39 is 0 Å². The Hall–Kier alpha value is -0.520. The molecule has 4 heteroatoms. The van der Waals surface area contributed by atoms with E-state index in [9.17, 15) is 4.79 Å². The van der Waals surface area contributed by atoms with Gasteiger partial charge in [-0.25, -0.2) is 0 Å². The molecule has 1 rings (SSSR count). The molecule has 0 saturated heterocycles. The van der Waals surface area contributed by atoms with Crippen LogP contribution in [0.4, 0.5) is 0 Å². The third-order valence-corrected chi connectivity index (χ3v) is 2.64. The minimum Gasteiger partial charge on any atom is -0.466 e. The first kappa shape index (κ1) is 11.6. The molecule has 0 spiro atoms. The van der Waals surface area contributed by atoms with Crippen LogP contribution in [0.3, 0.4) is 0 Å². The predicted molar refractivity (Wildman–Crippen MR) is 64.0 cm³/mol. The van der Waals surface area contributed by atoms with Crippen LogP contribution in [0.2, 0.25) is 0 Å². The smallest absolute Gasteiger partial charge is 0.254 e. The number of rotatable bonds is 4. The van der Waals surface area contributed by atoms with Crippen LogP contribution in [-0.2, 0) is 0 Å². The predicted octanol–water partition coefficient (Wildman–Crippen LogP) is 2.45. The number of carbonyl (C=O) groups is 1. The molecule has 1 aromatic rings. The second-order valence-electron chi connectivity index (χ2n) is 3.13. The highest BCUT2D eigenvalue weighted by Crippen LogP contribution is 2.13. The van der Waals surface area contributed by atoms with Gasteiger partial charge in [-0.1, -0.05) is 22.6 Å². The molecule has 0 saturated carbocycles. The van der Waals surface area contributed by atoms with Crippen molar-refractivity contribution in [2.75, 3.05) is 11.0 Å². The molecule has 0 aromatic carbocycles. The number of hydrogen-bond donors (Lipinski definition) is 1. The Morgan fingerprint density at radius 3 is 2.79 bits per heavy atom. The van der Waals surface area contributed by atoms with Crippen LogP contribution in [0, 0.1) is 13.8 Å². The van der Waals surface area contributed by atoms with Gasteiger partial charge in [0.2, 0.25) is 0 Å². The Kier molecular flexibility index (Phi) is 4.44. The minimum absolute atomic E-state index is 0.0378. The second kappa shape index (κ2) is 5.38. The van der Waals surface area contributed by atoms with E-state index in [2.05, 4.69) is 27.9 Å². The van der Waals surface area contributed by atoms with Gasteiger partial charge in [-0.3, -0.25) is 4.79 Å². The minimum atomic E-state index is -0.0378. The molecule has 0 fully saturated rings. The Morgan fingerprint density at radius 1 is 1.57 bits per heavy atom. The number of nitrogens with one attached hydrogen (secondary N) is 1. The van der Waals surface area contributed by atoms with Gasteiger partial charge in [-0.05, 0) is 26.3 Å². The molecule has 0 bridgehead atoms. The summed E-state index contributed by atoms with van der Waals surface area (Å²) in [5, 5.41) is 2.85. The summed E-state index contributed by atoms with van der Waals surface area (Å²) in [7, 11) is 0. The van der Waals surface area contributed by atoms with Crippen molar-refractivity contribution >= 4 is 28.5 Å². The molecular weight excluding hydrogens is 293 g/mol. The van der Waals surface area contributed by atoms with E-state index in [1.54, 1.807) is 13.0 Å². The van der Waals surface area contributed by atoms with Gasteiger partial charge in [0.1, 0.15) is 11.5 Å². The Morgan fingerprint density at radius 2 is 2.29 bits per heavy atom. The van der Waals surface area contributed by atoms with Crippen molar-refractivity contribution in [3.8, 4) is 0 Å². The molecule has 3 nitrogen and oxygen atoms in total. The van der Waals surface area contributed by atoms with Gasteiger partial charge in [0.05, 0.1) is 5.56 Å². The number of hydrogen-bond acceptors (Lipinski definition) is 2. The fourth-order valence-electron chi connectivity index (χ4n) is 1.22. The van der Waals surface area contributed by atoms with Crippen LogP contribution in [0.5, 0.6) is 0 Å². The first-order chi connectivity index (χ1) is 6.65. The van der Waals surface area contributed by atoms with E-state index in [-0.39, 0.29) is 5.91 Å². The molecule has 0 radical (unpaired) electrons. The van der Waals surface area contributed by atoms with Crippen LogP contribution < -0.4 is 5.32 Å². The van der Waals surface area contributed by atoms with Crippen LogP contribution in [0.15, 0.2) is 10.5 Å². The highest BCUT2D eigenvalue weighted by molar-refractivity contribution is 14.1. The number of amides is 1. The Balaban J connectivity index is 2.56. The summed E-state index contributed by atoms with van der Waals surface area (Å²) < 4.78 is 6.34. The fourth-order valence-corrected chi connectivity index (χ4v) is 1.60. The molecule has 0 unspecified atom stereocenters. The molecule has 0 aliphatic rings. The van der Waals surface area contributed by atoms with Gasteiger partial charge in [0.25, 0.3) is 5.91 Å². The Bertz CT molecular complexity index is 320. The quantitative estimate of drug-likeness (QED) is 0.527. The molecule has 14 heavy (non-hydrogen) atoms. The van der Waals surface area contributed by atoms with E-state index >= 15 is 0 Å². The standard InChI is InChI=1S/C10H14INO2/c1-7-6-9(8(2)14-7)10(13)12-5-3-4-11/h6H,3-5H2,1-2H3,(H,12,13). The van der Waals surface area contributed by atoms with Gasteiger partial charge in [0.15, 0.2) is 0 Å². The summed E-state index contributed by atoms with van der Waals surface area (Å²) >= 11 is 2.29. The lowest BCUT2D eigenvalue weighted by molar-refractivity contribution is 0.0952. The molecule has 1 heterocycles. The highest BCUT2D eigenvalue weighted by atomic mass is 127. The summed E-state index contributed by atoms with van der Waals surface area (Å²) in [6.07, 6.45) is 1.00. The second-order valence-corrected chi connectivity index (χ2v) is 4.20. The topological polar surface area (TPSA) is 42.2 Å². The van der Waals surface area contributed by atoms with E-state index in [0.29, 0.717) is 11.3 Å². The van der Waals surface area contributed by atoms with E-state index in [1.165, 1.54) is 0 Å². The maximum absolute atomic E-state index is 11.6. The normalized spacial score (nSPS) is 10.2. The number of alkyl halides is 1. The van der Waals surface area contributed by atoms with Gasteiger partial charge in [0, 0.05) is 11.0 Å². The number of aryl methyl sites for hydroxylation is 2. The van der Waals surface area contributed by atoms with Gasteiger partial charge >= 0.3 is 0 Å². The zero-order valence-corrected chi connectivity index (χ0v) is 10.6. The van der Waals surface area contributed by atoms with Gasteiger partial charge < -0.3 is 9.73 Å². The summed E-state index contributed by atoms with van der Waals surface area (Å²) in [4.78, 5) is 11.6. The van der Waals surface area contributed by atoms with Crippen molar-refractivity contribution < 1.29 is 9.21 Å². The Labute approximate surface area is 97.4 Å². The highest BCUT2D eigenvalue weighted by Gasteiger charge is 2.12. The maximum atomic E-state index is 11.6. The number of carbonyl (C=O) groups excluding carboxylic acids is 1. The number of furan rings is 1. The van der Waals surface area contributed by atoms with Crippen molar-refractivity contribution in [1.82, 2.24) is 5.32 Å². The third-order valence-electron chi connectivity index (χ3n) is 1.88. The average Bonchev–Trinajstić information content (AvgIpc) is 2.45. The molecule has 0 atom stereocenters. The lowest BCUT2D eigenvalue weighted by Gasteiger charge is -2.01. The van der Waals surface area contributed by atoms with E-state index in [0.717, 1.165) is 23.2 Å². The first-order valence-electron chi connectivity index (χ1n) is 4.56. The largest absolute Gasteiger partial charge is 0.466 e. The lowest BCUT2D eigenvalue weighted by atomic mass is 10.2. The lowest BCUT2D eigenvalue weighted by Crippen LogP contribution is -2.24. The summed E-state index contributed by atoms with van der Waals surface area (Å²) in [6.45, 7) is 4.38. The van der Waals surface area contributed by atoms with Crippen molar-refractivity contribution in [2.24, 2.45) is 0 Å². The zero-order valence-electron chi connectivity index (χ0n) is 8.39. The maximum Gasteiger partial charge on any atom is 0.254 e. The van der Waals surface area contributed by atoms with Crippen molar-refractivity contribution in [3.63, 3.8) is 0 Å². The van der Waals surface area contributed by atoms with Crippen molar-refractivity contribution in [2.45, 2.75) is 20.3 Å².